The number of pyridine rings is 1. The van der Waals surface area contributed by atoms with Crippen LogP contribution in [0.15, 0.2) is 30.5 Å². The Labute approximate surface area is 78.2 Å². The highest BCUT2D eigenvalue weighted by atomic mass is 19.1. The van der Waals surface area contributed by atoms with Gasteiger partial charge in [0, 0.05) is 11.5 Å². The van der Waals surface area contributed by atoms with Gasteiger partial charge in [0.2, 0.25) is 0 Å². The van der Waals surface area contributed by atoms with E-state index in [-0.39, 0.29) is 11.1 Å². The van der Waals surface area contributed by atoms with Crippen LogP contribution in [-0.4, -0.2) is 9.91 Å². The minimum Gasteiger partial charge on any atom is -0.258 e. The largest absolute Gasteiger partial charge is 0.288 e. The van der Waals surface area contributed by atoms with E-state index in [0.717, 1.165) is 6.20 Å². The van der Waals surface area contributed by atoms with E-state index in [4.69, 9.17) is 0 Å². The summed E-state index contributed by atoms with van der Waals surface area (Å²) in [4.78, 5) is 13.6. The number of fused-ring (bicyclic) bond motifs is 1. The minimum absolute atomic E-state index is 0.168. The van der Waals surface area contributed by atoms with E-state index in [9.17, 15) is 14.5 Å². The van der Waals surface area contributed by atoms with Crippen LogP contribution in [0.5, 0.6) is 0 Å². The molecule has 4 nitrogen and oxygen atoms in total. The van der Waals surface area contributed by atoms with E-state index in [2.05, 4.69) is 4.98 Å². The van der Waals surface area contributed by atoms with Gasteiger partial charge in [-0.3, -0.25) is 10.1 Å². The molecule has 70 valence electrons. The molecule has 0 saturated carbocycles. The molecule has 0 fully saturated rings. The summed E-state index contributed by atoms with van der Waals surface area (Å²) in [5.41, 5.74) is 0.207. The first-order valence-electron chi connectivity index (χ1n) is 3.87. The molecule has 2 rings (SSSR count). The van der Waals surface area contributed by atoms with Gasteiger partial charge in [-0.15, -0.1) is 0 Å². The lowest BCUT2D eigenvalue weighted by atomic mass is 10.2. The third kappa shape index (κ3) is 1.28. The SMILES string of the molecule is O=[N+]([O-])c1cnc2cccc(F)c2c1. The Morgan fingerprint density at radius 3 is 2.93 bits per heavy atom. The second-order valence-corrected chi connectivity index (χ2v) is 2.76. The maximum Gasteiger partial charge on any atom is 0.288 e. The Morgan fingerprint density at radius 2 is 2.21 bits per heavy atom. The molecule has 0 saturated heterocycles. The number of hydrogen-bond donors (Lipinski definition) is 0. The fraction of sp³-hybridized carbons (Fsp3) is 0. The second kappa shape index (κ2) is 3.02. The van der Waals surface area contributed by atoms with Crippen molar-refractivity contribution in [2.75, 3.05) is 0 Å². The van der Waals surface area contributed by atoms with Gasteiger partial charge in [0.25, 0.3) is 5.69 Å². The number of hydrogen-bond acceptors (Lipinski definition) is 3. The summed E-state index contributed by atoms with van der Waals surface area (Å²) in [7, 11) is 0. The summed E-state index contributed by atoms with van der Waals surface area (Å²) in [5.74, 6) is -0.501. The molecule has 0 bridgehead atoms. The molecule has 0 atom stereocenters. The number of nitrogens with zero attached hydrogens (tertiary/aromatic N) is 2. The third-order valence-electron chi connectivity index (χ3n) is 1.87. The van der Waals surface area contributed by atoms with Crippen molar-refractivity contribution in [2.45, 2.75) is 0 Å². The Balaban J connectivity index is 2.76. The van der Waals surface area contributed by atoms with Gasteiger partial charge in [-0.2, -0.15) is 0 Å². The molecule has 5 heteroatoms. The van der Waals surface area contributed by atoms with Gasteiger partial charge in [-0.1, -0.05) is 6.07 Å². The topological polar surface area (TPSA) is 56.0 Å². The molecule has 1 aromatic heterocycles. The average molecular weight is 192 g/mol. The highest BCUT2D eigenvalue weighted by molar-refractivity contribution is 5.80. The molecule has 0 aliphatic rings. The van der Waals surface area contributed by atoms with Gasteiger partial charge < -0.3 is 0 Å². The van der Waals surface area contributed by atoms with Gasteiger partial charge in [-0.25, -0.2) is 9.37 Å². The van der Waals surface area contributed by atoms with Crippen LogP contribution in [0.25, 0.3) is 10.9 Å². The summed E-state index contributed by atoms with van der Waals surface area (Å²) in [6, 6.07) is 5.53. The highest BCUT2D eigenvalue weighted by Gasteiger charge is 2.09. The van der Waals surface area contributed by atoms with Gasteiger partial charge >= 0.3 is 0 Å². The number of benzene rings is 1. The quantitative estimate of drug-likeness (QED) is 0.514. The summed E-state index contributed by atoms with van der Waals surface area (Å²) in [6.07, 6.45) is 1.11. The van der Waals surface area contributed by atoms with Crippen molar-refractivity contribution in [1.29, 1.82) is 0 Å². The van der Waals surface area contributed by atoms with Gasteiger partial charge in [-0.05, 0) is 12.1 Å². The molecule has 0 N–H and O–H groups in total. The van der Waals surface area contributed by atoms with Crippen LogP contribution in [-0.2, 0) is 0 Å². The van der Waals surface area contributed by atoms with Crippen molar-refractivity contribution in [1.82, 2.24) is 4.98 Å². The summed E-state index contributed by atoms with van der Waals surface area (Å²) < 4.78 is 13.2. The van der Waals surface area contributed by atoms with Crippen LogP contribution in [0.4, 0.5) is 10.1 Å². The van der Waals surface area contributed by atoms with Crippen molar-refractivity contribution in [3.8, 4) is 0 Å². The number of rotatable bonds is 1. The fourth-order valence-electron chi connectivity index (χ4n) is 1.20. The van der Waals surface area contributed by atoms with Crippen LogP contribution in [0.2, 0.25) is 0 Å². The minimum atomic E-state index is -0.598. The number of aromatic nitrogens is 1. The molecule has 0 unspecified atom stereocenters. The smallest absolute Gasteiger partial charge is 0.258 e. The molecule has 0 aliphatic heterocycles. The summed E-state index contributed by atoms with van der Waals surface area (Å²) in [5, 5.41) is 10.6. The average Bonchev–Trinajstić information content (AvgIpc) is 2.18. The van der Waals surface area contributed by atoms with Crippen LogP contribution in [0, 0.1) is 15.9 Å². The van der Waals surface area contributed by atoms with E-state index in [1.807, 2.05) is 0 Å². The van der Waals surface area contributed by atoms with Crippen LogP contribution < -0.4 is 0 Å². The lowest BCUT2D eigenvalue weighted by Crippen LogP contribution is -1.90. The van der Waals surface area contributed by atoms with Gasteiger partial charge in [0.05, 0.1) is 10.4 Å². The van der Waals surface area contributed by atoms with Crippen LogP contribution >= 0.6 is 0 Å². The Hall–Kier alpha value is -2.04. The third-order valence-corrected chi connectivity index (χ3v) is 1.87. The number of halogens is 1. The molecule has 1 aromatic carbocycles. The molecule has 14 heavy (non-hydrogen) atoms. The lowest BCUT2D eigenvalue weighted by Gasteiger charge is -1.97. The van der Waals surface area contributed by atoms with E-state index in [1.54, 1.807) is 6.07 Å². The maximum atomic E-state index is 13.2. The maximum absolute atomic E-state index is 13.2. The molecule has 0 spiro atoms. The molecule has 1 heterocycles. The predicted molar refractivity (Wildman–Crippen MR) is 48.4 cm³/mol. The van der Waals surface area contributed by atoms with Gasteiger partial charge in [0.15, 0.2) is 0 Å². The van der Waals surface area contributed by atoms with E-state index < -0.39 is 10.7 Å². The molecular formula is C9H5FN2O2. The van der Waals surface area contributed by atoms with Gasteiger partial charge in [0.1, 0.15) is 12.0 Å². The summed E-state index contributed by atoms with van der Waals surface area (Å²) in [6.45, 7) is 0. The second-order valence-electron chi connectivity index (χ2n) is 2.76. The zero-order chi connectivity index (χ0) is 10.1. The summed E-state index contributed by atoms with van der Waals surface area (Å²) >= 11 is 0. The first kappa shape index (κ1) is 8.55. The van der Waals surface area contributed by atoms with Crippen LogP contribution in [0.3, 0.4) is 0 Å². The first-order chi connectivity index (χ1) is 6.68. The van der Waals surface area contributed by atoms with Crippen molar-refractivity contribution >= 4 is 16.6 Å². The molecule has 0 amide bonds. The first-order valence-corrected chi connectivity index (χ1v) is 3.87. The Morgan fingerprint density at radius 1 is 1.43 bits per heavy atom. The highest BCUT2D eigenvalue weighted by Crippen LogP contribution is 2.20. The van der Waals surface area contributed by atoms with Crippen molar-refractivity contribution in [2.24, 2.45) is 0 Å². The van der Waals surface area contributed by atoms with Crippen molar-refractivity contribution in [3.63, 3.8) is 0 Å². The van der Waals surface area contributed by atoms with Crippen molar-refractivity contribution in [3.05, 3.63) is 46.4 Å². The fourth-order valence-corrected chi connectivity index (χ4v) is 1.20. The van der Waals surface area contributed by atoms with E-state index in [0.29, 0.717) is 5.52 Å². The van der Waals surface area contributed by atoms with E-state index in [1.165, 1.54) is 18.2 Å². The normalized spacial score (nSPS) is 10.4. The predicted octanol–water partition coefficient (Wildman–Crippen LogP) is 2.28. The number of nitro groups is 1. The lowest BCUT2D eigenvalue weighted by molar-refractivity contribution is -0.385. The Kier molecular flexibility index (Phi) is 1.85. The monoisotopic (exact) mass is 192 g/mol. The van der Waals surface area contributed by atoms with E-state index >= 15 is 0 Å². The molecule has 0 aliphatic carbocycles. The van der Waals surface area contributed by atoms with Crippen molar-refractivity contribution < 1.29 is 9.31 Å². The zero-order valence-corrected chi connectivity index (χ0v) is 6.98. The molecule has 2 aromatic rings. The Bertz CT molecular complexity index is 513. The zero-order valence-electron chi connectivity index (χ0n) is 6.98. The van der Waals surface area contributed by atoms with Crippen LogP contribution in [0.1, 0.15) is 0 Å². The molecular weight excluding hydrogens is 187 g/mol. The standard InChI is InChI=1S/C9H5FN2O2/c10-8-2-1-3-9-7(8)4-6(5-11-9)12(13)14/h1-5H. The molecule has 0 radical (unpaired) electrons.